The lowest BCUT2D eigenvalue weighted by molar-refractivity contribution is -0.197. The quantitative estimate of drug-likeness (QED) is 0.769. The van der Waals surface area contributed by atoms with Crippen molar-refractivity contribution in [3.63, 3.8) is 0 Å². The summed E-state index contributed by atoms with van der Waals surface area (Å²) < 4.78 is 14.7. The summed E-state index contributed by atoms with van der Waals surface area (Å²) in [5.41, 5.74) is 0.615. The van der Waals surface area contributed by atoms with Gasteiger partial charge in [-0.2, -0.15) is 5.26 Å². The molecule has 2 bridgehead atoms. The number of rotatable bonds is 3. The molecule has 3 nitrogen and oxygen atoms in total. The van der Waals surface area contributed by atoms with Gasteiger partial charge in [0.05, 0.1) is 6.07 Å². The third-order valence-electron chi connectivity index (χ3n) is 3.86. The highest BCUT2D eigenvalue weighted by atomic mass is 32.2. The third-order valence-corrected chi connectivity index (χ3v) is 5.42. The monoisotopic (exact) mass is 240 g/mol. The molecule has 1 N–H and O–H groups in total. The Bertz CT molecular complexity index is 322. The van der Waals surface area contributed by atoms with E-state index in [4.69, 9.17) is 0 Å². The highest BCUT2D eigenvalue weighted by Crippen LogP contribution is 2.74. The van der Waals surface area contributed by atoms with Gasteiger partial charge >= 0.3 is 0 Å². The summed E-state index contributed by atoms with van der Waals surface area (Å²) in [6.45, 7) is 8.04. The second kappa shape index (κ2) is 3.38. The van der Waals surface area contributed by atoms with E-state index in [1.165, 1.54) is 0 Å². The van der Waals surface area contributed by atoms with Crippen molar-refractivity contribution < 1.29 is 4.55 Å². The van der Waals surface area contributed by atoms with Crippen LogP contribution in [0.5, 0.6) is 0 Å². The molecule has 0 aromatic heterocycles. The number of nitriles is 1. The van der Waals surface area contributed by atoms with E-state index in [0.29, 0.717) is 5.41 Å². The van der Waals surface area contributed by atoms with Crippen LogP contribution in [0.15, 0.2) is 0 Å². The van der Waals surface area contributed by atoms with Crippen molar-refractivity contribution in [3.05, 3.63) is 0 Å². The minimum absolute atomic E-state index is 0.129. The van der Waals surface area contributed by atoms with Gasteiger partial charge in [0, 0.05) is 16.8 Å². The van der Waals surface area contributed by atoms with Crippen molar-refractivity contribution >= 4 is 11.4 Å². The molecule has 0 saturated heterocycles. The summed E-state index contributed by atoms with van der Waals surface area (Å²) in [4.78, 5) is 0. The molecule has 3 aliphatic carbocycles. The van der Waals surface area contributed by atoms with Crippen molar-refractivity contribution in [2.75, 3.05) is 0 Å². The van der Waals surface area contributed by atoms with E-state index >= 15 is 0 Å². The van der Waals surface area contributed by atoms with E-state index in [1.54, 1.807) is 0 Å². The Balaban J connectivity index is 1.96. The fraction of sp³-hybridized carbons (Fsp3) is 0.917. The molecule has 0 spiro atoms. The van der Waals surface area contributed by atoms with Crippen molar-refractivity contribution in [1.82, 2.24) is 4.72 Å². The molecule has 0 aliphatic heterocycles. The van der Waals surface area contributed by atoms with E-state index in [-0.39, 0.29) is 16.2 Å². The molecule has 90 valence electrons. The molecule has 0 amide bonds. The average molecular weight is 240 g/mol. The second-order valence-electron chi connectivity index (χ2n) is 6.76. The van der Waals surface area contributed by atoms with Crippen LogP contribution in [-0.2, 0) is 11.4 Å². The Morgan fingerprint density at radius 1 is 1.38 bits per heavy atom. The molecule has 0 heterocycles. The Morgan fingerprint density at radius 3 is 2.19 bits per heavy atom. The zero-order valence-electron chi connectivity index (χ0n) is 10.5. The second-order valence-corrected chi connectivity index (χ2v) is 8.76. The molecule has 2 unspecified atom stereocenters. The predicted molar refractivity (Wildman–Crippen MR) is 64.8 cm³/mol. The molecule has 3 fully saturated rings. The standard InChI is InChI=1S/C12H20N2OS/c1-10(2,3)16(15)14-9(5-13)12-6-11(4,7-12)8-12/h9,14H,6-8H2,1-4H3. The molecule has 3 aliphatic rings. The molecule has 16 heavy (non-hydrogen) atoms. The first-order valence-corrected chi connectivity index (χ1v) is 6.94. The topological polar surface area (TPSA) is 58.9 Å². The van der Waals surface area contributed by atoms with Crippen LogP contribution in [0.2, 0.25) is 0 Å². The molecule has 2 atom stereocenters. The number of hydrogen-bond donors (Lipinski definition) is 1. The molecule has 0 aromatic carbocycles. The maximum absolute atomic E-state index is 12.0. The van der Waals surface area contributed by atoms with Crippen LogP contribution in [0.1, 0.15) is 47.0 Å². The zero-order chi connectivity index (χ0) is 12.2. The van der Waals surface area contributed by atoms with Crippen molar-refractivity contribution in [3.8, 4) is 6.07 Å². The van der Waals surface area contributed by atoms with E-state index in [9.17, 15) is 9.81 Å². The van der Waals surface area contributed by atoms with Gasteiger partial charge < -0.3 is 4.55 Å². The highest BCUT2D eigenvalue weighted by Gasteiger charge is 2.69. The van der Waals surface area contributed by atoms with Crippen molar-refractivity contribution in [1.29, 1.82) is 5.26 Å². The minimum Gasteiger partial charge on any atom is -0.598 e. The molecular formula is C12H20N2OS. The third kappa shape index (κ3) is 1.75. The van der Waals surface area contributed by atoms with Crippen LogP contribution in [-0.4, -0.2) is 15.3 Å². The summed E-state index contributed by atoms with van der Waals surface area (Å²) in [5.74, 6) is 0. The van der Waals surface area contributed by atoms with E-state index in [2.05, 4.69) is 17.7 Å². The Kier molecular flexibility index (Phi) is 2.58. The fourth-order valence-corrected chi connectivity index (χ4v) is 4.14. The molecule has 0 aromatic rings. The van der Waals surface area contributed by atoms with Crippen LogP contribution >= 0.6 is 0 Å². The van der Waals surface area contributed by atoms with Gasteiger partial charge in [0.1, 0.15) is 10.8 Å². The van der Waals surface area contributed by atoms with Crippen LogP contribution in [0.25, 0.3) is 0 Å². The maximum atomic E-state index is 12.0. The Hall–Kier alpha value is -0.240. The first-order chi connectivity index (χ1) is 7.21. The van der Waals surface area contributed by atoms with Gasteiger partial charge in [-0.15, -0.1) is 4.72 Å². The summed E-state index contributed by atoms with van der Waals surface area (Å²) in [6, 6.07) is 2.06. The molecule has 3 saturated carbocycles. The molecule has 4 heteroatoms. The van der Waals surface area contributed by atoms with Gasteiger partial charge in [-0.05, 0) is 45.4 Å². The van der Waals surface area contributed by atoms with Crippen LogP contribution in [0, 0.1) is 22.2 Å². The van der Waals surface area contributed by atoms with E-state index < -0.39 is 11.4 Å². The fourth-order valence-electron chi connectivity index (χ4n) is 3.27. The van der Waals surface area contributed by atoms with Crippen LogP contribution in [0.4, 0.5) is 0 Å². The predicted octanol–water partition coefficient (Wildman–Crippen LogP) is 2.12. The van der Waals surface area contributed by atoms with Gasteiger partial charge in [0.15, 0.2) is 0 Å². The minimum atomic E-state index is -1.14. The normalized spacial score (nSPS) is 40.2. The largest absolute Gasteiger partial charge is 0.598 e. The lowest BCUT2D eigenvalue weighted by atomic mass is 9.34. The van der Waals surface area contributed by atoms with Gasteiger partial charge in [0.2, 0.25) is 0 Å². The summed E-state index contributed by atoms with van der Waals surface area (Å²) in [7, 11) is 0. The van der Waals surface area contributed by atoms with E-state index in [0.717, 1.165) is 19.3 Å². The summed E-state index contributed by atoms with van der Waals surface area (Å²) in [6.07, 6.45) is 3.35. The number of nitrogens with one attached hydrogen (secondary N) is 1. The first kappa shape index (κ1) is 12.2. The zero-order valence-corrected chi connectivity index (χ0v) is 11.3. The van der Waals surface area contributed by atoms with Gasteiger partial charge in [-0.3, -0.25) is 0 Å². The van der Waals surface area contributed by atoms with Gasteiger partial charge in [0.25, 0.3) is 0 Å². The van der Waals surface area contributed by atoms with Crippen LogP contribution in [0.3, 0.4) is 0 Å². The first-order valence-electron chi connectivity index (χ1n) is 5.79. The lowest BCUT2D eigenvalue weighted by Gasteiger charge is -2.70. The lowest BCUT2D eigenvalue weighted by Crippen LogP contribution is -2.68. The van der Waals surface area contributed by atoms with E-state index in [1.807, 2.05) is 20.8 Å². The highest BCUT2D eigenvalue weighted by molar-refractivity contribution is 7.90. The van der Waals surface area contributed by atoms with Crippen molar-refractivity contribution in [2.45, 2.75) is 57.7 Å². The molecule has 3 rings (SSSR count). The Labute approximate surface area is 101 Å². The number of nitrogens with zero attached hydrogens (tertiary/aromatic N) is 1. The van der Waals surface area contributed by atoms with Gasteiger partial charge in [-0.25, -0.2) is 0 Å². The Morgan fingerprint density at radius 2 is 1.88 bits per heavy atom. The van der Waals surface area contributed by atoms with Crippen molar-refractivity contribution in [2.24, 2.45) is 10.8 Å². The summed E-state index contributed by atoms with van der Waals surface area (Å²) in [5, 5.41) is 9.20. The average Bonchev–Trinajstić information content (AvgIpc) is 2.05. The number of hydrogen-bond acceptors (Lipinski definition) is 3. The smallest absolute Gasteiger partial charge is 0.144 e. The van der Waals surface area contributed by atoms with Crippen LogP contribution < -0.4 is 4.72 Å². The molecular weight excluding hydrogens is 220 g/mol. The SMILES string of the molecule is CC12CC(C(C#N)N[S+]([O-])C(C)(C)C)(C1)C2. The maximum Gasteiger partial charge on any atom is 0.144 e. The summed E-state index contributed by atoms with van der Waals surface area (Å²) >= 11 is -1.14. The molecule has 0 radical (unpaired) electrons. The van der Waals surface area contributed by atoms with Gasteiger partial charge in [-0.1, -0.05) is 6.92 Å².